The molecular formula is C17H20N2O4. The van der Waals surface area contributed by atoms with Gasteiger partial charge in [-0.25, -0.2) is 4.79 Å². The summed E-state index contributed by atoms with van der Waals surface area (Å²) < 4.78 is 10.8. The average molecular weight is 316 g/mol. The number of rotatable bonds is 6. The summed E-state index contributed by atoms with van der Waals surface area (Å²) in [5, 5.41) is 2.67. The maximum absolute atomic E-state index is 11.7. The molecule has 0 saturated heterocycles. The lowest BCUT2D eigenvalue weighted by molar-refractivity contribution is 0.100. The Balaban J connectivity index is 2.17. The second kappa shape index (κ2) is 7.49. The van der Waals surface area contributed by atoms with Gasteiger partial charge in [-0.05, 0) is 31.5 Å². The first-order valence-electron chi connectivity index (χ1n) is 7.47. The maximum atomic E-state index is 11.7. The van der Waals surface area contributed by atoms with Crippen LogP contribution in [0.1, 0.15) is 35.9 Å². The van der Waals surface area contributed by atoms with Gasteiger partial charge in [0.05, 0.1) is 5.56 Å². The van der Waals surface area contributed by atoms with E-state index < -0.39 is 12.0 Å². The number of nitrogens with two attached hydrogens (primary N) is 1. The summed E-state index contributed by atoms with van der Waals surface area (Å²) in [6.07, 6.45) is 1.37. The van der Waals surface area contributed by atoms with E-state index in [2.05, 4.69) is 5.32 Å². The molecule has 0 aliphatic carbocycles. The number of hydrogen-bond donors (Lipinski definition) is 2. The van der Waals surface area contributed by atoms with Gasteiger partial charge in [-0.15, -0.1) is 0 Å². The predicted molar refractivity (Wildman–Crippen MR) is 86.3 cm³/mol. The van der Waals surface area contributed by atoms with Gasteiger partial charge >= 0.3 is 6.09 Å². The topological polar surface area (TPSA) is 94.6 Å². The third-order valence-electron chi connectivity index (χ3n) is 3.23. The number of nitrogens with one attached hydrogen (secondary N) is 1. The van der Waals surface area contributed by atoms with Gasteiger partial charge in [-0.3, -0.25) is 4.79 Å². The fraction of sp³-hybridized carbons (Fsp3) is 0.294. The van der Waals surface area contributed by atoms with Crippen molar-refractivity contribution in [2.45, 2.75) is 26.7 Å². The van der Waals surface area contributed by atoms with Gasteiger partial charge in [0.2, 0.25) is 0 Å². The van der Waals surface area contributed by atoms with Gasteiger partial charge in [-0.2, -0.15) is 0 Å². The number of furan rings is 1. The molecule has 1 aromatic carbocycles. The number of ether oxygens (including phenoxy) is 1. The van der Waals surface area contributed by atoms with Crippen LogP contribution in [0.2, 0.25) is 0 Å². The van der Waals surface area contributed by atoms with Gasteiger partial charge in [0, 0.05) is 12.1 Å². The number of aryl methyl sites for hydroxylation is 1. The second-order valence-electron chi connectivity index (χ2n) is 5.16. The van der Waals surface area contributed by atoms with E-state index in [0.29, 0.717) is 34.9 Å². The number of amides is 2. The molecule has 6 nitrogen and oxygen atoms in total. The molecule has 1 heterocycles. The largest absolute Gasteiger partial charge is 0.461 e. The fourth-order valence-corrected chi connectivity index (χ4v) is 2.12. The highest BCUT2D eigenvalue weighted by atomic mass is 16.6. The highest BCUT2D eigenvalue weighted by Gasteiger charge is 2.16. The molecule has 0 fully saturated rings. The number of carbonyl (C=O) groups excluding carboxylic acids is 2. The first-order chi connectivity index (χ1) is 11.0. The Bertz CT molecular complexity index is 706. The highest BCUT2D eigenvalue weighted by Crippen LogP contribution is 2.29. The normalized spacial score (nSPS) is 10.3. The average Bonchev–Trinajstić information content (AvgIpc) is 2.90. The number of carbonyl (C=O) groups is 2. The lowest BCUT2D eigenvalue weighted by Gasteiger charge is -2.07. The molecule has 1 aromatic heterocycles. The first-order valence-corrected chi connectivity index (χ1v) is 7.47. The summed E-state index contributed by atoms with van der Waals surface area (Å²) in [7, 11) is 0. The Morgan fingerprint density at radius 2 is 2.09 bits per heavy atom. The van der Waals surface area contributed by atoms with Crippen molar-refractivity contribution in [2.75, 3.05) is 6.54 Å². The smallest absolute Gasteiger partial charge is 0.412 e. The van der Waals surface area contributed by atoms with Gasteiger partial charge in [0.15, 0.2) is 0 Å². The van der Waals surface area contributed by atoms with Crippen molar-refractivity contribution in [1.29, 1.82) is 0 Å². The minimum Gasteiger partial charge on any atom is -0.461 e. The Hall–Kier alpha value is -2.76. The SMILES string of the molecule is CCCCNC(=O)Oc1cccc(-c2oc(C)cc2C(N)=O)c1. The van der Waals surface area contributed by atoms with Crippen molar-refractivity contribution in [3.05, 3.63) is 41.7 Å². The van der Waals surface area contributed by atoms with E-state index in [4.69, 9.17) is 14.9 Å². The van der Waals surface area contributed by atoms with E-state index in [9.17, 15) is 9.59 Å². The number of unbranched alkanes of at least 4 members (excludes halogenated alkanes) is 1. The van der Waals surface area contributed by atoms with Gasteiger partial charge < -0.3 is 20.2 Å². The molecule has 2 aromatic rings. The van der Waals surface area contributed by atoms with Gasteiger partial charge in [0.25, 0.3) is 5.91 Å². The summed E-state index contributed by atoms with van der Waals surface area (Å²) in [6.45, 7) is 4.34. The summed E-state index contributed by atoms with van der Waals surface area (Å²) in [5.41, 5.74) is 6.27. The zero-order valence-corrected chi connectivity index (χ0v) is 13.2. The van der Waals surface area contributed by atoms with Crippen LogP contribution in [0.3, 0.4) is 0 Å². The van der Waals surface area contributed by atoms with E-state index in [1.165, 1.54) is 0 Å². The lowest BCUT2D eigenvalue weighted by Crippen LogP contribution is -2.27. The molecule has 0 unspecified atom stereocenters. The molecule has 0 atom stereocenters. The van der Waals surface area contributed by atoms with Crippen molar-refractivity contribution in [3.8, 4) is 17.1 Å². The van der Waals surface area contributed by atoms with Crippen LogP contribution < -0.4 is 15.8 Å². The standard InChI is InChI=1S/C17H20N2O4/c1-3-4-8-19-17(21)23-13-7-5-6-12(10-13)15-14(16(18)20)9-11(2)22-15/h5-7,9-10H,3-4,8H2,1-2H3,(H2,18,20)(H,19,21). The molecule has 0 spiro atoms. The zero-order chi connectivity index (χ0) is 16.8. The molecule has 0 aliphatic rings. The first kappa shape index (κ1) is 16.6. The molecule has 23 heavy (non-hydrogen) atoms. The third kappa shape index (κ3) is 4.35. The van der Waals surface area contributed by atoms with Gasteiger partial charge in [-0.1, -0.05) is 25.5 Å². The monoisotopic (exact) mass is 316 g/mol. The van der Waals surface area contributed by atoms with Gasteiger partial charge in [0.1, 0.15) is 17.3 Å². The highest BCUT2D eigenvalue weighted by molar-refractivity contribution is 5.98. The quantitative estimate of drug-likeness (QED) is 0.800. The number of benzene rings is 1. The van der Waals surface area contributed by atoms with Crippen molar-refractivity contribution in [3.63, 3.8) is 0 Å². The van der Waals surface area contributed by atoms with Crippen LogP contribution in [-0.2, 0) is 0 Å². The minimum atomic E-state index is -0.569. The van der Waals surface area contributed by atoms with E-state index in [1.807, 2.05) is 6.92 Å². The predicted octanol–water partition coefficient (Wildman–Crippen LogP) is 3.24. The summed E-state index contributed by atoms with van der Waals surface area (Å²) in [4.78, 5) is 23.2. The number of primary amides is 1. The second-order valence-corrected chi connectivity index (χ2v) is 5.16. The molecule has 0 aliphatic heterocycles. The Morgan fingerprint density at radius 1 is 1.30 bits per heavy atom. The molecule has 2 amide bonds. The van der Waals surface area contributed by atoms with Crippen LogP contribution in [0.5, 0.6) is 5.75 Å². The summed E-state index contributed by atoms with van der Waals surface area (Å²) in [6, 6.07) is 8.34. The van der Waals surface area contributed by atoms with Crippen molar-refractivity contribution in [2.24, 2.45) is 5.73 Å². The van der Waals surface area contributed by atoms with Crippen LogP contribution in [0.25, 0.3) is 11.3 Å². The molecule has 2 rings (SSSR count). The van der Waals surface area contributed by atoms with Crippen molar-refractivity contribution < 1.29 is 18.7 Å². The van der Waals surface area contributed by atoms with E-state index in [0.717, 1.165) is 12.8 Å². The van der Waals surface area contributed by atoms with E-state index in [1.54, 1.807) is 37.3 Å². The Kier molecular flexibility index (Phi) is 5.41. The van der Waals surface area contributed by atoms with E-state index >= 15 is 0 Å². The maximum Gasteiger partial charge on any atom is 0.412 e. The van der Waals surface area contributed by atoms with Crippen LogP contribution >= 0.6 is 0 Å². The minimum absolute atomic E-state index is 0.298. The van der Waals surface area contributed by atoms with Crippen LogP contribution in [0.15, 0.2) is 34.7 Å². The third-order valence-corrected chi connectivity index (χ3v) is 3.23. The molecule has 0 radical (unpaired) electrons. The Morgan fingerprint density at radius 3 is 2.78 bits per heavy atom. The van der Waals surface area contributed by atoms with Crippen LogP contribution in [0, 0.1) is 6.92 Å². The summed E-state index contributed by atoms with van der Waals surface area (Å²) >= 11 is 0. The fourth-order valence-electron chi connectivity index (χ4n) is 2.12. The zero-order valence-electron chi connectivity index (χ0n) is 13.2. The molecule has 122 valence electrons. The van der Waals surface area contributed by atoms with Crippen molar-refractivity contribution in [1.82, 2.24) is 5.32 Å². The molecule has 6 heteroatoms. The van der Waals surface area contributed by atoms with Crippen molar-refractivity contribution >= 4 is 12.0 Å². The summed E-state index contributed by atoms with van der Waals surface area (Å²) in [5.74, 6) is 0.741. The van der Waals surface area contributed by atoms with Crippen LogP contribution in [0.4, 0.5) is 4.79 Å². The molecule has 0 bridgehead atoms. The molecular weight excluding hydrogens is 296 g/mol. The Labute approximate surface area is 134 Å². The molecule has 3 N–H and O–H groups in total. The van der Waals surface area contributed by atoms with Crippen LogP contribution in [-0.4, -0.2) is 18.5 Å². The lowest BCUT2D eigenvalue weighted by atomic mass is 10.1. The molecule has 0 saturated carbocycles. The number of hydrogen-bond acceptors (Lipinski definition) is 4. The van der Waals surface area contributed by atoms with E-state index in [-0.39, 0.29) is 0 Å².